The maximum atomic E-state index is 14.3. The van der Waals surface area contributed by atoms with Crippen LogP contribution < -0.4 is 16.0 Å². The maximum Gasteiger partial charge on any atom is 0.250 e. The first kappa shape index (κ1) is 21.0. The average Bonchev–Trinajstić information content (AvgIpc) is 3.17. The van der Waals surface area contributed by atoms with E-state index in [0.29, 0.717) is 35.7 Å². The monoisotopic (exact) mass is 427 g/mol. The molecule has 0 spiro atoms. The van der Waals surface area contributed by atoms with Gasteiger partial charge < -0.3 is 25.7 Å². The number of carbonyl (C=O) groups excluding carboxylic acids is 1. The van der Waals surface area contributed by atoms with Crippen molar-refractivity contribution in [3.8, 4) is 0 Å². The number of rotatable bonds is 6. The van der Waals surface area contributed by atoms with E-state index >= 15 is 0 Å². The molecular formula is C21H26FN7O2. The molecule has 1 saturated heterocycles. The molecular weight excluding hydrogens is 401 g/mol. The second-order valence-corrected chi connectivity index (χ2v) is 8.20. The third kappa shape index (κ3) is 4.15. The van der Waals surface area contributed by atoms with Gasteiger partial charge in [-0.05, 0) is 32.4 Å². The number of ether oxygens (including phenoxy) is 1. The number of piperidine rings is 1. The summed E-state index contributed by atoms with van der Waals surface area (Å²) in [4.78, 5) is 29.8. The lowest BCUT2D eigenvalue weighted by Crippen LogP contribution is -2.46. The fourth-order valence-electron chi connectivity index (χ4n) is 3.85. The van der Waals surface area contributed by atoms with Crippen LogP contribution in [0, 0.1) is 0 Å². The minimum Gasteiger partial charge on any atom is -0.378 e. The molecule has 10 heteroatoms. The number of primary amides is 1. The number of carbonyl (C=O) groups is 1. The number of nitrogens with one attached hydrogen (secondary N) is 2. The lowest BCUT2D eigenvalue weighted by atomic mass is 9.99. The van der Waals surface area contributed by atoms with Crippen molar-refractivity contribution in [2.45, 2.75) is 38.1 Å². The van der Waals surface area contributed by atoms with Gasteiger partial charge in [-0.2, -0.15) is 4.98 Å². The molecule has 1 aliphatic rings. The Morgan fingerprint density at radius 2 is 2.23 bits per heavy atom. The Bertz CT molecular complexity index is 1100. The molecule has 4 rings (SSSR count). The van der Waals surface area contributed by atoms with E-state index < -0.39 is 17.6 Å². The van der Waals surface area contributed by atoms with Crippen LogP contribution in [-0.2, 0) is 10.3 Å². The highest BCUT2D eigenvalue weighted by atomic mass is 19.1. The van der Waals surface area contributed by atoms with Gasteiger partial charge in [-0.25, -0.2) is 9.37 Å². The Morgan fingerprint density at radius 1 is 1.42 bits per heavy atom. The normalized spacial score (nSPS) is 19.5. The Labute approximate surface area is 179 Å². The van der Waals surface area contributed by atoms with Crippen molar-refractivity contribution < 1.29 is 13.9 Å². The van der Waals surface area contributed by atoms with E-state index in [2.05, 4.69) is 25.3 Å². The highest BCUT2D eigenvalue weighted by Gasteiger charge is 2.31. The molecule has 0 unspecified atom stereocenters. The van der Waals surface area contributed by atoms with Crippen LogP contribution >= 0.6 is 0 Å². The molecule has 1 aliphatic heterocycles. The highest BCUT2D eigenvalue weighted by Crippen LogP contribution is 2.28. The number of alkyl halides is 1. The maximum absolute atomic E-state index is 14.3. The van der Waals surface area contributed by atoms with Crippen LogP contribution in [0.3, 0.4) is 0 Å². The Morgan fingerprint density at radius 3 is 2.94 bits per heavy atom. The zero-order valence-electron chi connectivity index (χ0n) is 17.7. The summed E-state index contributed by atoms with van der Waals surface area (Å²) in [5.74, 6) is 0.569. The zero-order valence-corrected chi connectivity index (χ0v) is 17.7. The first-order chi connectivity index (χ1) is 14.8. The summed E-state index contributed by atoms with van der Waals surface area (Å²) < 4.78 is 19.5. The quantitative estimate of drug-likeness (QED) is 0.552. The summed E-state index contributed by atoms with van der Waals surface area (Å²) in [7, 11) is 1.53. The van der Waals surface area contributed by atoms with Gasteiger partial charge in [0.15, 0.2) is 0 Å². The minimum atomic E-state index is -1.09. The second kappa shape index (κ2) is 8.10. The summed E-state index contributed by atoms with van der Waals surface area (Å²) >= 11 is 0. The van der Waals surface area contributed by atoms with Gasteiger partial charge >= 0.3 is 0 Å². The molecule has 3 aromatic rings. The number of fused-ring (bicyclic) bond motifs is 1. The number of nitrogens with zero attached hydrogens (tertiary/aromatic N) is 4. The summed E-state index contributed by atoms with van der Waals surface area (Å²) in [6, 6.07) is 3.64. The van der Waals surface area contributed by atoms with Crippen molar-refractivity contribution in [3.05, 3.63) is 42.0 Å². The van der Waals surface area contributed by atoms with Gasteiger partial charge in [0.05, 0.1) is 29.4 Å². The number of halogens is 1. The van der Waals surface area contributed by atoms with E-state index in [1.54, 1.807) is 24.7 Å². The number of aromatic amines is 1. The number of methoxy groups -OCH3 is 1. The van der Waals surface area contributed by atoms with E-state index in [-0.39, 0.29) is 12.6 Å². The molecule has 3 aromatic heterocycles. The predicted molar refractivity (Wildman–Crippen MR) is 116 cm³/mol. The molecule has 0 bridgehead atoms. The molecule has 4 heterocycles. The summed E-state index contributed by atoms with van der Waals surface area (Å²) in [5.41, 5.74) is 6.75. The summed E-state index contributed by atoms with van der Waals surface area (Å²) in [6.07, 6.45) is 3.98. The van der Waals surface area contributed by atoms with Crippen LogP contribution in [0.15, 0.2) is 30.7 Å². The Balaban J connectivity index is 1.54. The summed E-state index contributed by atoms with van der Waals surface area (Å²) in [6.45, 7) is 4.77. The van der Waals surface area contributed by atoms with E-state index in [0.717, 1.165) is 11.2 Å². The van der Waals surface area contributed by atoms with Crippen LogP contribution in [0.2, 0.25) is 0 Å². The molecule has 0 radical (unpaired) electrons. The van der Waals surface area contributed by atoms with Crippen molar-refractivity contribution in [2.75, 3.05) is 30.4 Å². The lowest BCUT2D eigenvalue weighted by Gasteiger charge is -2.34. The smallest absolute Gasteiger partial charge is 0.250 e. The van der Waals surface area contributed by atoms with E-state index in [1.165, 1.54) is 7.11 Å². The first-order valence-electron chi connectivity index (χ1n) is 10.1. The van der Waals surface area contributed by atoms with Gasteiger partial charge in [0.1, 0.15) is 12.0 Å². The largest absolute Gasteiger partial charge is 0.378 e. The Hall–Kier alpha value is -3.27. The molecule has 1 fully saturated rings. The number of hydrogen-bond donors (Lipinski definition) is 3. The van der Waals surface area contributed by atoms with Crippen molar-refractivity contribution in [1.82, 2.24) is 19.9 Å². The van der Waals surface area contributed by atoms with Crippen molar-refractivity contribution >= 4 is 28.6 Å². The molecule has 0 saturated carbocycles. The SMILES string of the molecule is CO[C@@H]1CCN(c2nccc(NC(C)(C)c3cc4[nH]cc(C(N)=O)c4cn3)n2)C[C@@H]1F. The van der Waals surface area contributed by atoms with E-state index in [4.69, 9.17) is 10.5 Å². The van der Waals surface area contributed by atoms with Gasteiger partial charge in [-0.15, -0.1) is 0 Å². The summed E-state index contributed by atoms with van der Waals surface area (Å²) in [5, 5.41) is 4.05. The first-order valence-corrected chi connectivity index (χ1v) is 10.1. The van der Waals surface area contributed by atoms with E-state index in [1.807, 2.05) is 24.8 Å². The number of amides is 1. The van der Waals surface area contributed by atoms with Gasteiger partial charge in [-0.1, -0.05) is 0 Å². The lowest BCUT2D eigenvalue weighted by molar-refractivity contribution is 0.0194. The molecule has 0 aromatic carbocycles. The number of H-pyrrole nitrogens is 1. The molecule has 0 aliphatic carbocycles. The van der Waals surface area contributed by atoms with Crippen LogP contribution in [0.25, 0.3) is 10.9 Å². The molecule has 4 N–H and O–H groups in total. The third-order valence-electron chi connectivity index (χ3n) is 5.62. The van der Waals surface area contributed by atoms with Crippen LogP contribution in [0.5, 0.6) is 0 Å². The number of hydrogen-bond acceptors (Lipinski definition) is 7. The van der Waals surface area contributed by atoms with E-state index in [9.17, 15) is 9.18 Å². The average molecular weight is 427 g/mol. The fourth-order valence-corrected chi connectivity index (χ4v) is 3.85. The van der Waals surface area contributed by atoms with Gasteiger partial charge in [-0.3, -0.25) is 9.78 Å². The topological polar surface area (TPSA) is 122 Å². The van der Waals surface area contributed by atoms with Crippen LogP contribution in [0.1, 0.15) is 36.3 Å². The highest BCUT2D eigenvalue weighted by molar-refractivity contribution is 6.05. The van der Waals surface area contributed by atoms with Gasteiger partial charge in [0.25, 0.3) is 5.91 Å². The van der Waals surface area contributed by atoms with Gasteiger partial charge in [0, 0.05) is 43.1 Å². The van der Waals surface area contributed by atoms with Gasteiger partial charge in [0.2, 0.25) is 5.95 Å². The van der Waals surface area contributed by atoms with Crippen LogP contribution in [0.4, 0.5) is 16.2 Å². The number of pyridine rings is 1. The minimum absolute atomic E-state index is 0.193. The Kier molecular flexibility index (Phi) is 5.48. The standard InChI is InChI=1S/C21H26FN7O2/c1-21(2,17-8-15-12(9-26-17)13(10-25-15)19(23)30)28-18-4-6-24-20(27-18)29-7-5-16(31-3)14(22)11-29/h4,6,8-10,14,16,25H,5,7,11H2,1-3H3,(H2,23,30)(H,24,27,28)/t14-,16+/m0/s1. The molecule has 1 amide bonds. The van der Waals surface area contributed by atoms with Crippen LogP contribution in [-0.4, -0.2) is 58.3 Å². The zero-order chi connectivity index (χ0) is 22.2. The molecule has 31 heavy (non-hydrogen) atoms. The fraction of sp³-hybridized carbons (Fsp3) is 0.429. The molecule has 164 valence electrons. The van der Waals surface area contributed by atoms with Crippen molar-refractivity contribution in [1.29, 1.82) is 0 Å². The van der Waals surface area contributed by atoms with Crippen molar-refractivity contribution in [2.24, 2.45) is 5.73 Å². The number of nitrogens with two attached hydrogens (primary N) is 1. The second-order valence-electron chi connectivity index (χ2n) is 8.20. The number of anilines is 2. The van der Waals surface area contributed by atoms with Crippen molar-refractivity contribution in [3.63, 3.8) is 0 Å². The molecule has 2 atom stereocenters. The third-order valence-corrected chi connectivity index (χ3v) is 5.62. The predicted octanol–water partition coefficient (Wildman–Crippen LogP) is 2.36. The molecule has 9 nitrogen and oxygen atoms in total. The number of aromatic nitrogens is 4.